The normalized spacial score (nSPS) is 13.9. The molecule has 24 heavy (non-hydrogen) atoms. The van der Waals surface area contributed by atoms with Crippen LogP contribution < -0.4 is 10.7 Å². The lowest BCUT2D eigenvalue weighted by Gasteiger charge is -2.13. The van der Waals surface area contributed by atoms with Crippen molar-refractivity contribution in [1.29, 1.82) is 0 Å². The van der Waals surface area contributed by atoms with E-state index < -0.39 is 0 Å². The minimum atomic E-state index is -0.310. The molecule has 0 fully saturated rings. The van der Waals surface area contributed by atoms with Crippen LogP contribution in [0.3, 0.4) is 0 Å². The van der Waals surface area contributed by atoms with Crippen LogP contribution in [-0.2, 0) is 4.79 Å². The van der Waals surface area contributed by atoms with Gasteiger partial charge in [-0.2, -0.15) is 5.10 Å². The van der Waals surface area contributed by atoms with Crippen molar-refractivity contribution in [2.75, 3.05) is 5.32 Å². The molecule has 2 N–H and O–H groups in total. The smallest absolute Gasteiger partial charge is 0.255 e. The number of rotatable bonds is 3. The summed E-state index contributed by atoms with van der Waals surface area (Å²) in [5.74, 6) is -0.401. The molecule has 1 aliphatic rings. The summed E-state index contributed by atoms with van der Waals surface area (Å²) in [7, 11) is 0. The molecule has 0 atom stereocenters. The van der Waals surface area contributed by atoms with Crippen LogP contribution in [0.2, 0.25) is 10.0 Å². The number of hydrogen-bond donors (Lipinski definition) is 2. The highest BCUT2D eigenvalue weighted by atomic mass is 35.5. The topological polar surface area (TPSA) is 70.6 Å². The Morgan fingerprint density at radius 2 is 1.71 bits per heavy atom. The lowest BCUT2D eigenvalue weighted by Crippen LogP contribution is -2.25. The number of hydrogen-bond acceptors (Lipinski definition) is 3. The van der Waals surface area contributed by atoms with E-state index in [-0.39, 0.29) is 11.8 Å². The Balaban J connectivity index is 1.76. The maximum atomic E-state index is 12.3. The van der Waals surface area contributed by atoms with Gasteiger partial charge in [0.05, 0.1) is 21.4 Å². The summed E-state index contributed by atoms with van der Waals surface area (Å²) in [6.07, 6.45) is 0.985. The molecule has 2 amide bonds. The highest BCUT2D eigenvalue weighted by Crippen LogP contribution is 2.30. The molecule has 0 bridgehead atoms. The number of benzene rings is 2. The SMILES string of the molecule is O=C1CCC(c2ccc(C(=O)Nc3c(Cl)cccc3Cl)cc2)=NN1. The van der Waals surface area contributed by atoms with Crippen LogP contribution in [0.4, 0.5) is 5.69 Å². The van der Waals surface area contributed by atoms with E-state index >= 15 is 0 Å². The fourth-order valence-electron chi connectivity index (χ4n) is 2.30. The molecule has 0 saturated heterocycles. The van der Waals surface area contributed by atoms with Crippen LogP contribution in [0.15, 0.2) is 47.6 Å². The molecule has 122 valence electrons. The van der Waals surface area contributed by atoms with Crippen LogP contribution in [0.1, 0.15) is 28.8 Å². The van der Waals surface area contributed by atoms with Gasteiger partial charge in [-0.3, -0.25) is 9.59 Å². The summed E-state index contributed by atoms with van der Waals surface area (Å²) in [5.41, 5.74) is 4.96. The minimum absolute atomic E-state index is 0.0913. The van der Waals surface area contributed by atoms with Gasteiger partial charge in [-0.1, -0.05) is 41.4 Å². The van der Waals surface area contributed by atoms with Crippen molar-refractivity contribution in [2.24, 2.45) is 5.10 Å². The Hall–Kier alpha value is -2.37. The first-order chi connectivity index (χ1) is 11.5. The number of amides is 2. The number of carbonyl (C=O) groups excluding carboxylic acids is 2. The molecular weight excluding hydrogens is 349 g/mol. The molecule has 0 radical (unpaired) electrons. The van der Waals surface area contributed by atoms with Crippen molar-refractivity contribution in [3.05, 3.63) is 63.6 Å². The van der Waals surface area contributed by atoms with Crippen LogP contribution in [-0.4, -0.2) is 17.5 Å². The standard InChI is InChI=1S/C17H13Cl2N3O2/c18-12-2-1-3-13(19)16(12)20-17(24)11-6-4-10(5-7-11)14-8-9-15(23)22-21-14/h1-7H,8-9H2,(H,20,24)(H,22,23). The van der Waals surface area contributed by atoms with Gasteiger partial charge in [0, 0.05) is 18.4 Å². The Kier molecular flexibility index (Phi) is 4.83. The lowest BCUT2D eigenvalue weighted by atomic mass is 10.0. The maximum Gasteiger partial charge on any atom is 0.255 e. The van der Waals surface area contributed by atoms with Crippen molar-refractivity contribution in [3.63, 3.8) is 0 Å². The quantitative estimate of drug-likeness (QED) is 0.871. The first-order valence-electron chi connectivity index (χ1n) is 7.26. The number of anilines is 1. The Labute approximate surface area is 148 Å². The van der Waals surface area contributed by atoms with E-state index in [9.17, 15) is 9.59 Å². The van der Waals surface area contributed by atoms with Crippen LogP contribution in [0.5, 0.6) is 0 Å². The molecule has 0 unspecified atom stereocenters. The number of para-hydroxylation sites is 1. The number of nitrogens with one attached hydrogen (secondary N) is 2. The molecule has 0 saturated carbocycles. The van der Waals surface area contributed by atoms with E-state index in [0.717, 1.165) is 11.3 Å². The summed E-state index contributed by atoms with van der Waals surface area (Å²) in [5, 5.41) is 7.49. The fourth-order valence-corrected chi connectivity index (χ4v) is 2.79. The summed E-state index contributed by atoms with van der Waals surface area (Å²) in [6, 6.07) is 12.0. The third kappa shape index (κ3) is 3.58. The van der Waals surface area contributed by atoms with Crippen LogP contribution in [0.25, 0.3) is 0 Å². The molecule has 0 spiro atoms. The molecule has 2 aromatic rings. The van der Waals surface area contributed by atoms with E-state index in [2.05, 4.69) is 15.8 Å². The Morgan fingerprint density at radius 3 is 2.29 bits per heavy atom. The average Bonchev–Trinajstić information content (AvgIpc) is 2.59. The van der Waals surface area contributed by atoms with Gasteiger partial charge in [0.1, 0.15) is 0 Å². The van der Waals surface area contributed by atoms with Crippen LogP contribution in [0, 0.1) is 0 Å². The summed E-state index contributed by atoms with van der Waals surface area (Å²) >= 11 is 12.1. The number of hydrazone groups is 1. The zero-order valence-corrected chi connectivity index (χ0v) is 14.0. The van der Waals surface area contributed by atoms with Gasteiger partial charge in [0.15, 0.2) is 0 Å². The number of carbonyl (C=O) groups is 2. The molecule has 0 aromatic heterocycles. The molecule has 3 rings (SSSR count). The predicted molar refractivity (Wildman–Crippen MR) is 94.8 cm³/mol. The lowest BCUT2D eigenvalue weighted by molar-refractivity contribution is -0.121. The molecule has 1 aliphatic heterocycles. The predicted octanol–water partition coefficient (Wildman–Crippen LogP) is 3.86. The van der Waals surface area contributed by atoms with E-state index in [0.29, 0.717) is 34.1 Å². The Morgan fingerprint density at radius 1 is 1.04 bits per heavy atom. The van der Waals surface area contributed by atoms with Crippen molar-refractivity contribution < 1.29 is 9.59 Å². The minimum Gasteiger partial charge on any atom is -0.319 e. The van der Waals surface area contributed by atoms with Gasteiger partial charge in [-0.05, 0) is 29.8 Å². The monoisotopic (exact) mass is 361 g/mol. The Bertz CT molecular complexity index is 812. The summed E-state index contributed by atoms with van der Waals surface area (Å²) < 4.78 is 0. The van der Waals surface area contributed by atoms with E-state index in [1.165, 1.54) is 0 Å². The highest BCUT2D eigenvalue weighted by molar-refractivity contribution is 6.40. The molecule has 0 aliphatic carbocycles. The summed E-state index contributed by atoms with van der Waals surface area (Å²) in [4.78, 5) is 23.5. The summed E-state index contributed by atoms with van der Waals surface area (Å²) in [6.45, 7) is 0. The van der Waals surface area contributed by atoms with Gasteiger partial charge < -0.3 is 5.32 Å². The zero-order chi connectivity index (χ0) is 17.1. The maximum absolute atomic E-state index is 12.3. The molecule has 7 heteroatoms. The van der Waals surface area contributed by atoms with E-state index in [1.807, 2.05) is 0 Å². The third-order valence-corrected chi connectivity index (χ3v) is 4.22. The number of halogens is 2. The van der Waals surface area contributed by atoms with Gasteiger partial charge in [0.25, 0.3) is 5.91 Å². The molecule has 5 nitrogen and oxygen atoms in total. The molecule has 1 heterocycles. The largest absolute Gasteiger partial charge is 0.319 e. The number of nitrogens with zero attached hydrogens (tertiary/aromatic N) is 1. The van der Waals surface area contributed by atoms with E-state index in [1.54, 1.807) is 42.5 Å². The van der Waals surface area contributed by atoms with Crippen molar-refractivity contribution in [1.82, 2.24) is 5.43 Å². The first kappa shape index (κ1) is 16.5. The van der Waals surface area contributed by atoms with Crippen molar-refractivity contribution in [3.8, 4) is 0 Å². The highest BCUT2D eigenvalue weighted by Gasteiger charge is 2.15. The molecule has 2 aromatic carbocycles. The van der Waals surface area contributed by atoms with Crippen molar-refractivity contribution in [2.45, 2.75) is 12.8 Å². The first-order valence-corrected chi connectivity index (χ1v) is 8.01. The molecular formula is C17H13Cl2N3O2. The van der Waals surface area contributed by atoms with Gasteiger partial charge in [-0.25, -0.2) is 5.43 Å². The second-order valence-corrected chi connectivity index (χ2v) is 6.04. The van der Waals surface area contributed by atoms with Gasteiger partial charge >= 0.3 is 0 Å². The van der Waals surface area contributed by atoms with Gasteiger partial charge in [0.2, 0.25) is 5.91 Å². The van der Waals surface area contributed by atoms with Crippen molar-refractivity contribution >= 4 is 46.4 Å². The average molecular weight is 362 g/mol. The van der Waals surface area contributed by atoms with Crippen LogP contribution >= 0.6 is 23.2 Å². The van der Waals surface area contributed by atoms with Gasteiger partial charge in [-0.15, -0.1) is 0 Å². The second kappa shape index (κ2) is 7.03. The fraction of sp³-hybridized carbons (Fsp3) is 0.118. The third-order valence-electron chi connectivity index (χ3n) is 3.59. The second-order valence-electron chi connectivity index (χ2n) is 5.22. The van der Waals surface area contributed by atoms with E-state index in [4.69, 9.17) is 23.2 Å². The zero-order valence-electron chi connectivity index (χ0n) is 12.5.